The van der Waals surface area contributed by atoms with Crippen molar-refractivity contribution in [2.24, 2.45) is 0 Å². The number of carbonyl (C=O) groups is 1. The lowest BCUT2D eigenvalue weighted by atomic mass is 10.2. The molecular weight excluding hydrogens is 254 g/mol. The lowest BCUT2D eigenvalue weighted by Gasteiger charge is -2.03. The lowest BCUT2D eigenvalue weighted by Crippen LogP contribution is -2.24. The molecule has 1 amide bonds. The Labute approximate surface area is 114 Å². The van der Waals surface area contributed by atoms with Crippen LogP contribution in [-0.4, -0.2) is 15.9 Å². The highest BCUT2D eigenvalue weighted by molar-refractivity contribution is 5.94. The molecule has 0 saturated carbocycles. The first-order valence-electron chi connectivity index (χ1n) is 6.26. The molecule has 0 fully saturated rings. The van der Waals surface area contributed by atoms with E-state index in [1.165, 1.54) is 12.3 Å². The van der Waals surface area contributed by atoms with Crippen LogP contribution in [0.15, 0.2) is 53.5 Å². The third-order valence-electron chi connectivity index (χ3n) is 3.06. The first-order valence-corrected chi connectivity index (χ1v) is 6.26. The van der Waals surface area contributed by atoms with Gasteiger partial charge < -0.3 is 15.3 Å². The van der Waals surface area contributed by atoms with Crippen LogP contribution in [-0.2, 0) is 6.54 Å². The Hall–Kier alpha value is -2.82. The number of benzene rings is 1. The molecule has 3 rings (SSSR count). The van der Waals surface area contributed by atoms with Crippen molar-refractivity contribution in [2.45, 2.75) is 6.54 Å². The number of fused-ring (bicyclic) bond motifs is 1. The summed E-state index contributed by atoms with van der Waals surface area (Å²) in [5, 5.41) is 3.88. The number of pyridine rings is 1. The third-order valence-corrected chi connectivity index (χ3v) is 3.06. The van der Waals surface area contributed by atoms with Crippen LogP contribution < -0.4 is 10.9 Å². The average molecular weight is 267 g/mol. The molecule has 0 saturated heterocycles. The van der Waals surface area contributed by atoms with E-state index in [0.717, 1.165) is 16.6 Å². The number of H-pyrrole nitrogens is 2. The second-order valence-electron chi connectivity index (χ2n) is 4.51. The Morgan fingerprint density at radius 1 is 1.15 bits per heavy atom. The number of rotatable bonds is 3. The number of hydrogen-bond donors (Lipinski definition) is 3. The summed E-state index contributed by atoms with van der Waals surface area (Å²) in [6.45, 7) is 0.389. The van der Waals surface area contributed by atoms with Gasteiger partial charge in [-0.15, -0.1) is 0 Å². The standard InChI is InChI=1S/C15H13N3O2/c19-14-8-11(5-6-16-14)15(20)17-9-12-7-10-3-1-2-4-13(10)18-12/h1-8,18H,9H2,(H,16,19)(H,17,20). The Morgan fingerprint density at radius 3 is 2.80 bits per heavy atom. The van der Waals surface area contributed by atoms with Crippen LogP contribution in [0.2, 0.25) is 0 Å². The van der Waals surface area contributed by atoms with E-state index in [1.807, 2.05) is 30.3 Å². The minimum Gasteiger partial charge on any atom is -0.357 e. The van der Waals surface area contributed by atoms with Crippen molar-refractivity contribution >= 4 is 16.8 Å². The van der Waals surface area contributed by atoms with Gasteiger partial charge in [0.2, 0.25) is 5.56 Å². The average Bonchev–Trinajstić information content (AvgIpc) is 2.87. The highest BCUT2D eigenvalue weighted by Gasteiger charge is 2.06. The molecule has 0 bridgehead atoms. The van der Waals surface area contributed by atoms with E-state index in [1.54, 1.807) is 6.07 Å². The van der Waals surface area contributed by atoms with Gasteiger partial charge in [0.15, 0.2) is 0 Å². The summed E-state index contributed by atoms with van der Waals surface area (Å²) >= 11 is 0. The zero-order valence-corrected chi connectivity index (χ0v) is 10.6. The smallest absolute Gasteiger partial charge is 0.251 e. The second kappa shape index (κ2) is 5.05. The maximum absolute atomic E-state index is 11.9. The summed E-state index contributed by atoms with van der Waals surface area (Å²) in [7, 11) is 0. The molecule has 0 aliphatic heterocycles. The molecule has 2 heterocycles. The topological polar surface area (TPSA) is 77.8 Å². The Morgan fingerprint density at radius 2 is 2.00 bits per heavy atom. The molecule has 5 nitrogen and oxygen atoms in total. The molecule has 0 aliphatic carbocycles. The Balaban J connectivity index is 1.73. The van der Waals surface area contributed by atoms with Crippen LogP contribution >= 0.6 is 0 Å². The fourth-order valence-corrected chi connectivity index (χ4v) is 2.09. The van der Waals surface area contributed by atoms with Crippen LogP contribution in [0.1, 0.15) is 16.1 Å². The normalized spacial score (nSPS) is 10.6. The summed E-state index contributed by atoms with van der Waals surface area (Å²) in [5.41, 5.74) is 2.02. The molecule has 100 valence electrons. The Bertz CT molecular complexity index is 784. The molecule has 3 N–H and O–H groups in total. The SMILES string of the molecule is O=C(NCc1cc2ccccc2[nH]1)c1cc[nH]c(=O)c1. The van der Waals surface area contributed by atoms with E-state index in [-0.39, 0.29) is 11.5 Å². The van der Waals surface area contributed by atoms with Crippen molar-refractivity contribution in [3.8, 4) is 0 Å². The quantitative estimate of drug-likeness (QED) is 0.676. The first-order chi connectivity index (χ1) is 9.72. The van der Waals surface area contributed by atoms with Gasteiger partial charge in [0, 0.05) is 29.0 Å². The molecule has 0 radical (unpaired) electrons. The molecule has 0 atom stereocenters. The van der Waals surface area contributed by atoms with Gasteiger partial charge in [-0.25, -0.2) is 0 Å². The molecule has 3 aromatic rings. The highest BCUT2D eigenvalue weighted by atomic mass is 16.2. The van der Waals surface area contributed by atoms with Gasteiger partial charge >= 0.3 is 0 Å². The predicted octanol–water partition coefficient (Wildman–Crippen LogP) is 1.79. The van der Waals surface area contributed by atoms with Crippen molar-refractivity contribution in [1.82, 2.24) is 15.3 Å². The molecular formula is C15H13N3O2. The van der Waals surface area contributed by atoms with Crippen molar-refractivity contribution in [1.29, 1.82) is 0 Å². The number of carbonyl (C=O) groups excluding carboxylic acids is 1. The lowest BCUT2D eigenvalue weighted by molar-refractivity contribution is 0.0950. The molecule has 1 aromatic carbocycles. The summed E-state index contributed by atoms with van der Waals surface area (Å²) in [6, 6.07) is 12.8. The fraction of sp³-hybridized carbons (Fsp3) is 0.0667. The van der Waals surface area contributed by atoms with Crippen molar-refractivity contribution in [2.75, 3.05) is 0 Å². The zero-order valence-electron chi connectivity index (χ0n) is 10.6. The molecule has 2 aromatic heterocycles. The van der Waals surface area contributed by atoms with E-state index in [9.17, 15) is 9.59 Å². The number of aromatic nitrogens is 2. The van der Waals surface area contributed by atoms with Crippen LogP contribution in [0.25, 0.3) is 10.9 Å². The maximum atomic E-state index is 11.9. The predicted molar refractivity (Wildman–Crippen MR) is 76.5 cm³/mol. The first kappa shape index (κ1) is 12.2. The van der Waals surface area contributed by atoms with Gasteiger partial charge in [0.05, 0.1) is 6.54 Å². The summed E-state index contributed by atoms with van der Waals surface area (Å²) < 4.78 is 0. The van der Waals surface area contributed by atoms with Gasteiger partial charge in [0.25, 0.3) is 5.91 Å². The van der Waals surface area contributed by atoms with E-state index >= 15 is 0 Å². The zero-order chi connectivity index (χ0) is 13.9. The van der Waals surface area contributed by atoms with Crippen LogP contribution in [0.3, 0.4) is 0 Å². The van der Waals surface area contributed by atoms with E-state index in [0.29, 0.717) is 12.1 Å². The molecule has 0 aliphatic rings. The molecule has 0 unspecified atom stereocenters. The van der Waals surface area contributed by atoms with Crippen molar-refractivity contribution in [3.05, 3.63) is 70.3 Å². The largest absolute Gasteiger partial charge is 0.357 e. The van der Waals surface area contributed by atoms with Gasteiger partial charge in [-0.05, 0) is 23.6 Å². The van der Waals surface area contributed by atoms with Crippen LogP contribution in [0.5, 0.6) is 0 Å². The van der Waals surface area contributed by atoms with Crippen LogP contribution in [0.4, 0.5) is 0 Å². The van der Waals surface area contributed by atoms with Gasteiger partial charge in [-0.3, -0.25) is 9.59 Å². The highest BCUT2D eigenvalue weighted by Crippen LogP contribution is 2.14. The van der Waals surface area contributed by atoms with E-state index in [4.69, 9.17) is 0 Å². The minimum absolute atomic E-state index is 0.269. The van der Waals surface area contributed by atoms with Gasteiger partial charge in [-0.2, -0.15) is 0 Å². The maximum Gasteiger partial charge on any atom is 0.251 e. The number of nitrogens with one attached hydrogen (secondary N) is 3. The fourth-order valence-electron chi connectivity index (χ4n) is 2.09. The summed E-state index contributed by atoms with van der Waals surface area (Å²) in [6.07, 6.45) is 1.46. The summed E-state index contributed by atoms with van der Waals surface area (Å²) in [4.78, 5) is 28.8. The third kappa shape index (κ3) is 2.47. The van der Waals surface area contributed by atoms with Crippen molar-refractivity contribution < 1.29 is 4.79 Å². The van der Waals surface area contributed by atoms with Gasteiger partial charge in [0.1, 0.15) is 0 Å². The minimum atomic E-state index is -0.289. The number of amides is 1. The van der Waals surface area contributed by atoms with E-state index < -0.39 is 0 Å². The molecule has 5 heteroatoms. The Kier molecular flexibility index (Phi) is 3.09. The number of para-hydroxylation sites is 1. The number of aromatic amines is 2. The monoisotopic (exact) mass is 267 g/mol. The second-order valence-corrected chi connectivity index (χ2v) is 4.51. The number of hydrogen-bond acceptors (Lipinski definition) is 2. The molecule has 20 heavy (non-hydrogen) atoms. The van der Waals surface area contributed by atoms with Crippen molar-refractivity contribution in [3.63, 3.8) is 0 Å². The van der Waals surface area contributed by atoms with Gasteiger partial charge in [-0.1, -0.05) is 18.2 Å². The molecule has 0 spiro atoms. The summed E-state index contributed by atoms with van der Waals surface area (Å²) in [5.74, 6) is -0.269. The van der Waals surface area contributed by atoms with E-state index in [2.05, 4.69) is 15.3 Å². The van der Waals surface area contributed by atoms with Crippen LogP contribution in [0, 0.1) is 0 Å².